The summed E-state index contributed by atoms with van der Waals surface area (Å²) in [4.78, 5) is 11.9. The molecule has 1 rings (SSSR count). The first-order valence-electron chi connectivity index (χ1n) is 7.67. The van der Waals surface area contributed by atoms with Crippen LogP contribution in [0.3, 0.4) is 0 Å². The number of hydrogen-bond donors (Lipinski definition) is 1. The summed E-state index contributed by atoms with van der Waals surface area (Å²) in [6.07, 6.45) is -1.66. The second-order valence-electron chi connectivity index (χ2n) is 5.29. The van der Waals surface area contributed by atoms with E-state index in [4.69, 9.17) is 4.74 Å². The molecule has 22 heavy (non-hydrogen) atoms. The number of benzene rings is 1. The molecule has 3 nitrogen and oxygen atoms in total. The average Bonchev–Trinajstić information content (AvgIpc) is 2.47. The number of carbonyl (C=O) groups excluding carboxylic acids is 1. The van der Waals surface area contributed by atoms with Gasteiger partial charge in [-0.15, -0.1) is 0 Å². The molecule has 0 bridgehead atoms. The number of esters is 1. The van der Waals surface area contributed by atoms with Crippen LogP contribution >= 0.6 is 0 Å². The predicted molar refractivity (Wildman–Crippen MR) is 80.8 cm³/mol. The minimum absolute atomic E-state index is 0.000961. The van der Waals surface area contributed by atoms with E-state index in [2.05, 4.69) is 0 Å². The van der Waals surface area contributed by atoms with Crippen LogP contribution in [0, 0.1) is 5.92 Å². The Kier molecular flexibility index (Phi) is 6.94. The lowest BCUT2D eigenvalue weighted by Gasteiger charge is -2.34. The molecule has 1 aromatic rings. The third-order valence-corrected chi connectivity index (χ3v) is 3.80. The third-order valence-electron chi connectivity index (χ3n) is 3.80. The van der Waals surface area contributed by atoms with E-state index in [0.717, 1.165) is 12.0 Å². The molecule has 0 saturated carbocycles. The number of ether oxygens (including phenoxy) is 1. The van der Waals surface area contributed by atoms with Crippen molar-refractivity contribution < 1.29 is 23.4 Å². The molecule has 124 valence electrons. The average molecular weight is 314 g/mol. The van der Waals surface area contributed by atoms with Gasteiger partial charge in [0.05, 0.1) is 6.61 Å². The van der Waals surface area contributed by atoms with Crippen LogP contribution in [-0.4, -0.2) is 24.1 Å². The molecular formula is C17H24F2O3. The fourth-order valence-corrected chi connectivity index (χ4v) is 2.63. The molecule has 0 aliphatic carbocycles. The van der Waals surface area contributed by atoms with Crippen molar-refractivity contribution in [3.05, 3.63) is 35.4 Å². The molecule has 0 aliphatic rings. The van der Waals surface area contributed by atoms with Crippen LogP contribution in [0.2, 0.25) is 0 Å². The summed E-state index contributed by atoms with van der Waals surface area (Å²) in [6, 6.07) is 6.79. The Morgan fingerprint density at radius 3 is 2.23 bits per heavy atom. The lowest BCUT2D eigenvalue weighted by molar-refractivity contribution is -0.173. The van der Waals surface area contributed by atoms with Gasteiger partial charge in [0.25, 0.3) is 6.43 Å². The Balaban J connectivity index is 3.27. The maximum atomic E-state index is 13.5. The number of aliphatic hydroxyl groups is 1. The third kappa shape index (κ3) is 4.03. The summed E-state index contributed by atoms with van der Waals surface area (Å²) < 4.78 is 31.7. The van der Waals surface area contributed by atoms with E-state index in [-0.39, 0.29) is 13.0 Å². The number of alkyl halides is 2. The van der Waals surface area contributed by atoms with Crippen molar-refractivity contribution in [2.75, 3.05) is 6.61 Å². The minimum atomic E-state index is -3.00. The fraction of sp³-hybridized carbons (Fsp3) is 0.588. The summed E-state index contributed by atoms with van der Waals surface area (Å²) >= 11 is 0. The predicted octanol–water partition coefficient (Wildman–Crippen LogP) is 3.68. The van der Waals surface area contributed by atoms with E-state index in [1.807, 2.05) is 6.92 Å². The van der Waals surface area contributed by atoms with Gasteiger partial charge in [0.1, 0.15) is 5.60 Å². The standard InChI is InChI=1S/C17H24F2O3/c1-4-11-17(21,13-9-7-12(5-2)8-10-13)14(15(18)19)16(20)22-6-3/h7-10,14-15,21H,4-6,11H2,1-3H3. The molecule has 0 aromatic heterocycles. The Labute approximate surface area is 130 Å². The molecule has 1 N–H and O–H groups in total. The van der Waals surface area contributed by atoms with Crippen molar-refractivity contribution in [1.82, 2.24) is 0 Å². The molecule has 5 heteroatoms. The van der Waals surface area contributed by atoms with Gasteiger partial charge in [-0.1, -0.05) is 44.5 Å². The van der Waals surface area contributed by atoms with Gasteiger partial charge in [-0.25, -0.2) is 8.78 Å². The molecule has 2 unspecified atom stereocenters. The summed E-state index contributed by atoms with van der Waals surface area (Å²) in [6.45, 7) is 5.31. The highest BCUT2D eigenvalue weighted by Gasteiger charge is 2.48. The number of halogens is 2. The highest BCUT2D eigenvalue weighted by atomic mass is 19.3. The van der Waals surface area contributed by atoms with Gasteiger partial charge in [0, 0.05) is 0 Å². The lowest BCUT2D eigenvalue weighted by Crippen LogP contribution is -2.45. The highest BCUT2D eigenvalue weighted by molar-refractivity contribution is 5.74. The van der Waals surface area contributed by atoms with Crippen molar-refractivity contribution in [1.29, 1.82) is 0 Å². The normalized spacial score (nSPS) is 15.4. The Morgan fingerprint density at radius 2 is 1.82 bits per heavy atom. The summed E-state index contributed by atoms with van der Waals surface area (Å²) in [7, 11) is 0. The van der Waals surface area contributed by atoms with E-state index in [9.17, 15) is 18.7 Å². The largest absolute Gasteiger partial charge is 0.466 e. The van der Waals surface area contributed by atoms with Gasteiger partial charge in [0.2, 0.25) is 0 Å². The molecule has 0 aliphatic heterocycles. The SMILES string of the molecule is CCCC(O)(c1ccc(CC)cc1)C(C(=O)OCC)C(F)F. The van der Waals surface area contributed by atoms with Gasteiger partial charge < -0.3 is 9.84 Å². The zero-order valence-corrected chi connectivity index (χ0v) is 13.3. The summed E-state index contributed by atoms with van der Waals surface area (Å²) in [5.74, 6) is -2.95. The minimum Gasteiger partial charge on any atom is -0.466 e. The van der Waals surface area contributed by atoms with Crippen molar-refractivity contribution in [2.45, 2.75) is 52.1 Å². The first-order valence-corrected chi connectivity index (χ1v) is 7.67. The molecule has 0 heterocycles. The van der Waals surface area contributed by atoms with E-state index >= 15 is 0 Å². The summed E-state index contributed by atoms with van der Waals surface area (Å²) in [5.41, 5.74) is -0.571. The van der Waals surface area contributed by atoms with Gasteiger partial charge in [-0.2, -0.15) is 0 Å². The maximum absolute atomic E-state index is 13.5. The van der Waals surface area contributed by atoms with Crippen LogP contribution in [0.1, 0.15) is 44.7 Å². The van der Waals surface area contributed by atoms with E-state index < -0.39 is 23.9 Å². The zero-order chi connectivity index (χ0) is 16.8. The van der Waals surface area contributed by atoms with Crippen LogP contribution in [0.25, 0.3) is 0 Å². The monoisotopic (exact) mass is 314 g/mol. The van der Waals surface area contributed by atoms with Crippen LogP contribution in [0.5, 0.6) is 0 Å². The molecule has 1 aromatic carbocycles. The second-order valence-corrected chi connectivity index (χ2v) is 5.29. The van der Waals surface area contributed by atoms with E-state index in [0.29, 0.717) is 12.0 Å². The van der Waals surface area contributed by atoms with Gasteiger partial charge in [0.15, 0.2) is 5.92 Å². The molecule has 0 saturated heterocycles. The Morgan fingerprint density at radius 1 is 1.23 bits per heavy atom. The molecule has 0 radical (unpaired) electrons. The zero-order valence-electron chi connectivity index (χ0n) is 13.3. The Bertz CT molecular complexity index is 473. The van der Waals surface area contributed by atoms with E-state index in [1.54, 1.807) is 38.1 Å². The van der Waals surface area contributed by atoms with Crippen LogP contribution in [0.15, 0.2) is 24.3 Å². The number of carbonyl (C=O) groups is 1. The molecular weight excluding hydrogens is 290 g/mol. The van der Waals surface area contributed by atoms with Crippen molar-refractivity contribution in [3.8, 4) is 0 Å². The summed E-state index contributed by atoms with van der Waals surface area (Å²) in [5, 5.41) is 10.9. The quantitative estimate of drug-likeness (QED) is 0.745. The first kappa shape index (κ1) is 18.6. The number of rotatable bonds is 8. The van der Waals surface area contributed by atoms with Gasteiger partial charge >= 0.3 is 5.97 Å². The van der Waals surface area contributed by atoms with Crippen LogP contribution < -0.4 is 0 Å². The van der Waals surface area contributed by atoms with Crippen LogP contribution in [-0.2, 0) is 21.6 Å². The van der Waals surface area contributed by atoms with Crippen molar-refractivity contribution in [3.63, 3.8) is 0 Å². The second kappa shape index (κ2) is 8.22. The molecule has 2 atom stereocenters. The number of hydrogen-bond acceptors (Lipinski definition) is 3. The maximum Gasteiger partial charge on any atom is 0.318 e. The van der Waals surface area contributed by atoms with Crippen LogP contribution in [0.4, 0.5) is 8.78 Å². The Hall–Kier alpha value is -1.49. The topological polar surface area (TPSA) is 46.5 Å². The molecule has 0 fully saturated rings. The lowest BCUT2D eigenvalue weighted by atomic mass is 9.78. The van der Waals surface area contributed by atoms with Crippen molar-refractivity contribution in [2.24, 2.45) is 5.92 Å². The van der Waals surface area contributed by atoms with Crippen molar-refractivity contribution >= 4 is 5.97 Å². The molecule has 0 amide bonds. The highest BCUT2D eigenvalue weighted by Crippen LogP contribution is 2.39. The number of aryl methyl sites for hydroxylation is 1. The van der Waals surface area contributed by atoms with E-state index in [1.165, 1.54) is 0 Å². The smallest absolute Gasteiger partial charge is 0.318 e. The first-order chi connectivity index (χ1) is 10.4. The molecule has 0 spiro atoms. The fourth-order valence-electron chi connectivity index (χ4n) is 2.63. The van der Waals surface area contributed by atoms with Gasteiger partial charge in [-0.3, -0.25) is 4.79 Å². The van der Waals surface area contributed by atoms with Gasteiger partial charge in [-0.05, 0) is 30.9 Å².